The molecule has 0 bridgehead atoms. The summed E-state index contributed by atoms with van der Waals surface area (Å²) in [4.78, 5) is 2.38. The minimum atomic E-state index is 0.273. The first-order valence-corrected chi connectivity index (χ1v) is 6.51. The van der Waals surface area contributed by atoms with Gasteiger partial charge in [-0.25, -0.2) is 0 Å². The van der Waals surface area contributed by atoms with Crippen LogP contribution in [0.5, 0.6) is 5.75 Å². The quantitative estimate of drug-likeness (QED) is 0.774. The number of hydrogen-bond acceptors (Lipinski definition) is 2. The van der Waals surface area contributed by atoms with Gasteiger partial charge in [0, 0.05) is 7.05 Å². The van der Waals surface area contributed by atoms with Crippen LogP contribution in [0.4, 0.5) is 5.69 Å². The van der Waals surface area contributed by atoms with Crippen LogP contribution >= 0.6 is 0 Å². The van der Waals surface area contributed by atoms with Gasteiger partial charge in [-0.1, -0.05) is 39.8 Å². The first kappa shape index (κ1) is 12.3. The zero-order valence-corrected chi connectivity index (χ0v) is 11.5. The lowest BCUT2D eigenvalue weighted by atomic mass is 9.88. The molecule has 1 aromatic carbocycles. The lowest BCUT2D eigenvalue weighted by molar-refractivity contribution is 0.0906. The Labute approximate surface area is 105 Å². The van der Waals surface area contributed by atoms with Gasteiger partial charge in [-0.15, -0.1) is 0 Å². The van der Waals surface area contributed by atoms with Gasteiger partial charge < -0.3 is 9.64 Å². The van der Waals surface area contributed by atoms with Gasteiger partial charge in [0.15, 0.2) is 0 Å². The van der Waals surface area contributed by atoms with Crippen LogP contribution in [0, 0.1) is 11.8 Å². The minimum Gasteiger partial charge on any atom is -0.486 e. The molecule has 2 atom stereocenters. The summed E-state index contributed by atoms with van der Waals surface area (Å²) >= 11 is 0. The highest BCUT2D eigenvalue weighted by Crippen LogP contribution is 2.38. The molecule has 17 heavy (non-hydrogen) atoms. The van der Waals surface area contributed by atoms with Crippen molar-refractivity contribution in [3.63, 3.8) is 0 Å². The Hall–Kier alpha value is -1.18. The lowest BCUT2D eigenvalue weighted by Crippen LogP contribution is -2.53. The van der Waals surface area contributed by atoms with Crippen LogP contribution in [0.15, 0.2) is 24.3 Å². The average Bonchev–Trinajstić information content (AvgIpc) is 2.28. The molecule has 0 aliphatic carbocycles. The highest BCUT2D eigenvalue weighted by atomic mass is 16.5. The molecule has 1 aliphatic heterocycles. The van der Waals surface area contributed by atoms with E-state index in [2.05, 4.69) is 57.8 Å². The second-order valence-electron chi connectivity index (χ2n) is 5.64. The van der Waals surface area contributed by atoms with E-state index in [0.717, 1.165) is 5.75 Å². The van der Waals surface area contributed by atoms with E-state index in [9.17, 15) is 0 Å². The van der Waals surface area contributed by atoms with Crippen molar-refractivity contribution in [3.05, 3.63) is 24.3 Å². The second kappa shape index (κ2) is 4.59. The van der Waals surface area contributed by atoms with Gasteiger partial charge in [-0.05, 0) is 24.0 Å². The summed E-state index contributed by atoms with van der Waals surface area (Å²) in [7, 11) is 2.18. The van der Waals surface area contributed by atoms with Gasteiger partial charge in [0.1, 0.15) is 11.9 Å². The van der Waals surface area contributed by atoms with Crippen LogP contribution in [0.1, 0.15) is 27.7 Å². The third kappa shape index (κ3) is 2.13. The normalized spacial score (nSPS) is 23.8. The molecule has 94 valence electrons. The highest BCUT2D eigenvalue weighted by Gasteiger charge is 2.37. The van der Waals surface area contributed by atoms with E-state index in [-0.39, 0.29) is 6.10 Å². The Bertz CT molecular complexity index is 386. The molecule has 0 N–H and O–H groups in total. The van der Waals surface area contributed by atoms with Crippen LogP contribution in [0.25, 0.3) is 0 Å². The SMILES string of the molecule is CC(C)C1Oc2ccccc2N(C)C1C(C)C. The molecule has 1 aromatic rings. The Morgan fingerprint density at radius 1 is 1.06 bits per heavy atom. The largest absolute Gasteiger partial charge is 0.486 e. The van der Waals surface area contributed by atoms with Crippen molar-refractivity contribution < 1.29 is 4.74 Å². The molecule has 2 heteroatoms. The molecule has 0 saturated heterocycles. The molecule has 2 nitrogen and oxygen atoms in total. The minimum absolute atomic E-state index is 0.273. The van der Waals surface area contributed by atoms with Gasteiger partial charge in [0.05, 0.1) is 11.7 Å². The van der Waals surface area contributed by atoms with Gasteiger partial charge in [0.25, 0.3) is 0 Å². The Morgan fingerprint density at radius 2 is 1.71 bits per heavy atom. The summed E-state index contributed by atoms with van der Waals surface area (Å²) in [5.41, 5.74) is 1.21. The lowest BCUT2D eigenvalue weighted by Gasteiger charge is -2.45. The summed E-state index contributed by atoms with van der Waals surface area (Å²) in [6.45, 7) is 9.02. The molecular formula is C15H23NO. The van der Waals surface area contributed by atoms with Crippen molar-refractivity contribution in [2.75, 3.05) is 11.9 Å². The maximum atomic E-state index is 6.20. The third-order valence-electron chi connectivity index (χ3n) is 3.63. The fraction of sp³-hybridized carbons (Fsp3) is 0.600. The van der Waals surface area contributed by atoms with Crippen LogP contribution in [-0.4, -0.2) is 19.2 Å². The predicted molar refractivity (Wildman–Crippen MR) is 72.7 cm³/mol. The average molecular weight is 233 g/mol. The van der Waals surface area contributed by atoms with Crippen LogP contribution in [0.2, 0.25) is 0 Å². The summed E-state index contributed by atoms with van der Waals surface area (Å²) in [5.74, 6) is 2.13. The van der Waals surface area contributed by atoms with Crippen molar-refractivity contribution >= 4 is 5.69 Å². The van der Waals surface area contributed by atoms with Crippen molar-refractivity contribution in [2.24, 2.45) is 11.8 Å². The van der Waals surface area contributed by atoms with E-state index in [4.69, 9.17) is 4.74 Å². The van der Waals surface area contributed by atoms with Gasteiger partial charge in [0.2, 0.25) is 0 Å². The number of anilines is 1. The number of likely N-dealkylation sites (N-methyl/N-ethyl adjacent to an activating group) is 1. The summed E-state index contributed by atoms with van der Waals surface area (Å²) in [6.07, 6.45) is 0.273. The van der Waals surface area contributed by atoms with Crippen LogP contribution < -0.4 is 9.64 Å². The number of fused-ring (bicyclic) bond motifs is 1. The number of ether oxygens (including phenoxy) is 1. The van der Waals surface area contributed by atoms with Gasteiger partial charge in [-0.2, -0.15) is 0 Å². The Morgan fingerprint density at radius 3 is 2.29 bits per heavy atom. The Kier molecular flexibility index (Phi) is 3.32. The maximum absolute atomic E-state index is 6.20. The van der Waals surface area contributed by atoms with E-state index in [1.165, 1.54) is 5.69 Å². The second-order valence-corrected chi connectivity index (χ2v) is 5.64. The Balaban J connectivity index is 2.40. The summed E-state index contributed by atoms with van der Waals surface area (Å²) in [5, 5.41) is 0. The third-order valence-corrected chi connectivity index (χ3v) is 3.63. The van der Waals surface area contributed by atoms with E-state index in [1.54, 1.807) is 0 Å². The smallest absolute Gasteiger partial charge is 0.143 e. The molecule has 0 radical (unpaired) electrons. The predicted octanol–water partition coefficient (Wildman–Crippen LogP) is 3.56. The van der Waals surface area contributed by atoms with Crippen LogP contribution in [0.3, 0.4) is 0 Å². The van der Waals surface area contributed by atoms with Crippen molar-refractivity contribution in [2.45, 2.75) is 39.8 Å². The molecular weight excluding hydrogens is 210 g/mol. The number of benzene rings is 1. The van der Waals surface area contributed by atoms with Crippen molar-refractivity contribution in [1.29, 1.82) is 0 Å². The molecule has 0 spiro atoms. The van der Waals surface area contributed by atoms with Crippen molar-refractivity contribution in [1.82, 2.24) is 0 Å². The molecule has 0 aromatic heterocycles. The zero-order valence-electron chi connectivity index (χ0n) is 11.5. The number of hydrogen-bond donors (Lipinski definition) is 0. The number of nitrogens with zero attached hydrogens (tertiary/aromatic N) is 1. The first-order valence-electron chi connectivity index (χ1n) is 6.51. The van der Waals surface area contributed by atoms with E-state index in [1.807, 2.05) is 6.07 Å². The standard InChI is InChI=1S/C15H23NO/c1-10(2)14-15(11(3)4)17-13-9-7-6-8-12(13)16(14)5/h6-11,14-15H,1-5H3. The highest BCUT2D eigenvalue weighted by molar-refractivity contribution is 5.60. The molecule has 0 fully saturated rings. The first-order chi connectivity index (χ1) is 8.02. The van der Waals surface area contributed by atoms with Crippen LogP contribution in [-0.2, 0) is 0 Å². The fourth-order valence-electron chi connectivity index (χ4n) is 2.80. The maximum Gasteiger partial charge on any atom is 0.143 e. The van der Waals surface area contributed by atoms with Gasteiger partial charge in [-0.3, -0.25) is 0 Å². The van der Waals surface area contributed by atoms with E-state index >= 15 is 0 Å². The molecule has 0 saturated carbocycles. The molecule has 2 rings (SSSR count). The summed E-state index contributed by atoms with van der Waals surface area (Å²) < 4.78 is 6.20. The molecule has 1 aliphatic rings. The fourth-order valence-corrected chi connectivity index (χ4v) is 2.80. The number of para-hydroxylation sites is 2. The molecule has 1 heterocycles. The monoisotopic (exact) mass is 233 g/mol. The topological polar surface area (TPSA) is 12.5 Å². The van der Waals surface area contributed by atoms with Gasteiger partial charge >= 0.3 is 0 Å². The number of rotatable bonds is 2. The molecule has 0 amide bonds. The van der Waals surface area contributed by atoms with Crippen molar-refractivity contribution in [3.8, 4) is 5.75 Å². The van der Waals surface area contributed by atoms with E-state index in [0.29, 0.717) is 17.9 Å². The van der Waals surface area contributed by atoms with E-state index < -0.39 is 0 Å². The molecule has 2 unspecified atom stereocenters. The zero-order chi connectivity index (χ0) is 12.6. The summed E-state index contributed by atoms with van der Waals surface area (Å²) in [6, 6.07) is 8.77.